The molecule has 1 fully saturated rings. The molecule has 0 radical (unpaired) electrons. The minimum Gasteiger partial charge on any atom is -0.335 e. The molecule has 32 heavy (non-hydrogen) atoms. The SMILES string of the molecule is CSc1ncc(C(=O)N2CCN(CC(=O)Nc3ccc(F)cc3)CC2)n1-c1ccccc1. The molecule has 0 bridgehead atoms. The molecule has 7 nitrogen and oxygen atoms in total. The molecule has 0 aliphatic carbocycles. The number of thioether (sulfide) groups is 1. The zero-order valence-electron chi connectivity index (χ0n) is 17.7. The quantitative estimate of drug-likeness (QED) is 0.581. The highest BCUT2D eigenvalue weighted by atomic mass is 32.2. The van der Waals surface area contributed by atoms with E-state index >= 15 is 0 Å². The number of nitrogens with one attached hydrogen (secondary N) is 1. The van der Waals surface area contributed by atoms with Crippen LogP contribution in [0.2, 0.25) is 0 Å². The summed E-state index contributed by atoms with van der Waals surface area (Å²) in [6, 6.07) is 15.4. The number of anilines is 1. The third-order valence-corrected chi connectivity index (χ3v) is 5.95. The molecule has 1 N–H and O–H groups in total. The average Bonchev–Trinajstić information content (AvgIpc) is 3.25. The first-order valence-corrected chi connectivity index (χ1v) is 11.5. The molecule has 1 aromatic heterocycles. The van der Waals surface area contributed by atoms with Gasteiger partial charge in [-0.05, 0) is 42.7 Å². The van der Waals surface area contributed by atoms with Crippen LogP contribution in [-0.2, 0) is 4.79 Å². The number of piperazine rings is 1. The molecule has 0 atom stereocenters. The van der Waals surface area contributed by atoms with Crippen molar-refractivity contribution in [2.75, 3.05) is 44.3 Å². The van der Waals surface area contributed by atoms with Gasteiger partial charge in [0.2, 0.25) is 5.91 Å². The van der Waals surface area contributed by atoms with Crippen molar-refractivity contribution in [3.05, 3.63) is 72.3 Å². The van der Waals surface area contributed by atoms with Crippen LogP contribution in [0.4, 0.5) is 10.1 Å². The predicted octanol–water partition coefficient (Wildman–Crippen LogP) is 3.13. The maximum absolute atomic E-state index is 13.2. The van der Waals surface area contributed by atoms with Crippen molar-refractivity contribution in [3.8, 4) is 5.69 Å². The largest absolute Gasteiger partial charge is 0.335 e. The summed E-state index contributed by atoms with van der Waals surface area (Å²) in [5, 5.41) is 3.53. The van der Waals surface area contributed by atoms with Crippen molar-refractivity contribution in [2.45, 2.75) is 5.16 Å². The second-order valence-corrected chi connectivity index (χ2v) is 8.20. The van der Waals surface area contributed by atoms with Crippen LogP contribution in [0, 0.1) is 5.82 Å². The third kappa shape index (κ3) is 5.00. The number of hydrogen-bond acceptors (Lipinski definition) is 5. The average molecular weight is 454 g/mol. The number of imidazole rings is 1. The van der Waals surface area contributed by atoms with Crippen LogP contribution in [0.15, 0.2) is 66.0 Å². The smallest absolute Gasteiger partial charge is 0.272 e. The molecule has 4 rings (SSSR count). The van der Waals surface area contributed by atoms with Crippen LogP contribution in [0.25, 0.3) is 5.69 Å². The van der Waals surface area contributed by atoms with Gasteiger partial charge in [0.1, 0.15) is 11.5 Å². The van der Waals surface area contributed by atoms with E-state index < -0.39 is 0 Å². The molecule has 166 valence electrons. The number of benzene rings is 2. The summed E-state index contributed by atoms with van der Waals surface area (Å²) >= 11 is 1.49. The van der Waals surface area contributed by atoms with Crippen molar-refractivity contribution in [1.29, 1.82) is 0 Å². The highest BCUT2D eigenvalue weighted by Gasteiger charge is 2.27. The fourth-order valence-corrected chi connectivity index (χ4v) is 4.21. The van der Waals surface area contributed by atoms with Crippen molar-refractivity contribution in [1.82, 2.24) is 19.4 Å². The lowest BCUT2D eigenvalue weighted by atomic mass is 10.2. The second-order valence-electron chi connectivity index (χ2n) is 7.42. The maximum atomic E-state index is 13.2. The minimum absolute atomic E-state index is 0.0722. The fourth-order valence-electron chi connectivity index (χ4n) is 3.66. The first-order valence-electron chi connectivity index (χ1n) is 10.3. The van der Waals surface area contributed by atoms with E-state index in [1.807, 2.05) is 46.1 Å². The van der Waals surface area contributed by atoms with Crippen LogP contribution in [0.3, 0.4) is 0 Å². The van der Waals surface area contributed by atoms with Gasteiger partial charge < -0.3 is 10.2 Å². The molecular formula is C23H24FN5O2S. The van der Waals surface area contributed by atoms with Gasteiger partial charge in [-0.25, -0.2) is 9.37 Å². The molecule has 2 aromatic carbocycles. The van der Waals surface area contributed by atoms with Gasteiger partial charge in [0.05, 0.1) is 12.7 Å². The molecule has 1 saturated heterocycles. The number of para-hydroxylation sites is 1. The summed E-state index contributed by atoms with van der Waals surface area (Å²) in [6.45, 7) is 2.46. The number of nitrogens with zero attached hydrogens (tertiary/aromatic N) is 4. The predicted molar refractivity (Wildman–Crippen MR) is 123 cm³/mol. The van der Waals surface area contributed by atoms with Crippen LogP contribution < -0.4 is 5.32 Å². The third-order valence-electron chi connectivity index (χ3n) is 5.30. The van der Waals surface area contributed by atoms with E-state index in [1.54, 1.807) is 11.1 Å². The second kappa shape index (κ2) is 9.97. The maximum Gasteiger partial charge on any atom is 0.272 e. The molecular weight excluding hydrogens is 429 g/mol. The van der Waals surface area contributed by atoms with Crippen LogP contribution in [0.5, 0.6) is 0 Å². The zero-order chi connectivity index (χ0) is 22.5. The lowest BCUT2D eigenvalue weighted by Gasteiger charge is -2.34. The Labute approximate surface area is 190 Å². The van der Waals surface area contributed by atoms with Gasteiger partial charge in [0, 0.05) is 37.6 Å². The lowest BCUT2D eigenvalue weighted by molar-refractivity contribution is -0.117. The first kappa shape index (κ1) is 22.0. The van der Waals surface area contributed by atoms with E-state index in [0.29, 0.717) is 37.6 Å². The van der Waals surface area contributed by atoms with E-state index in [-0.39, 0.29) is 24.2 Å². The topological polar surface area (TPSA) is 70.5 Å². The van der Waals surface area contributed by atoms with Gasteiger partial charge >= 0.3 is 0 Å². The van der Waals surface area contributed by atoms with Crippen LogP contribution in [-0.4, -0.2) is 70.1 Å². The van der Waals surface area contributed by atoms with Crippen LogP contribution in [0.1, 0.15) is 10.5 Å². The Bertz CT molecular complexity index is 1080. The highest BCUT2D eigenvalue weighted by Crippen LogP contribution is 2.23. The van der Waals surface area contributed by atoms with Crippen molar-refractivity contribution in [2.24, 2.45) is 0 Å². The van der Waals surface area contributed by atoms with Crippen LogP contribution >= 0.6 is 11.8 Å². The first-order chi connectivity index (χ1) is 15.5. The fraction of sp³-hybridized carbons (Fsp3) is 0.261. The van der Waals surface area contributed by atoms with Crippen molar-refractivity contribution >= 4 is 29.3 Å². The molecule has 1 aliphatic rings. The number of carbonyl (C=O) groups is 2. The number of rotatable bonds is 6. The Morgan fingerprint density at radius 1 is 1.03 bits per heavy atom. The number of amides is 2. The van der Waals surface area contributed by atoms with E-state index in [0.717, 1.165) is 10.8 Å². The number of aromatic nitrogens is 2. The summed E-state index contributed by atoms with van der Waals surface area (Å²) in [5.74, 6) is -0.581. The van der Waals surface area contributed by atoms with E-state index in [9.17, 15) is 14.0 Å². The normalized spacial score (nSPS) is 14.4. The lowest BCUT2D eigenvalue weighted by Crippen LogP contribution is -2.50. The Balaban J connectivity index is 1.36. The number of halogens is 1. The number of hydrogen-bond donors (Lipinski definition) is 1. The standard InChI is InChI=1S/C23H24FN5O2S/c1-32-23-25-15-20(29(23)19-5-3-2-4-6-19)22(31)28-13-11-27(12-14-28)16-21(30)26-18-9-7-17(24)8-10-18/h2-10,15H,11-14,16H2,1H3,(H,26,30). The monoisotopic (exact) mass is 453 g/mol. The van der Waals surface area contributed by atoms with Crippen molar-refractivity contribution in [3.63, 3.8) is 0 Å². The van der Waals surface area contributed by atoms with Gasteiger partial charge in [-0.3, -0.25) is 19.1 Å². The summed E-state index contributed by atoms with van der Waals surface area (Å²) in [4.78, 5) is 33.8. The molecule has 3 aromatic rings. The highest BCUT2D eigenvalue weighted by molar-refractivity contribution is 7.98. The van der Waals surface area contributed by atoms with E-state index in [1.165, 1.54) is 36.0 Å². The molecule has 0 saturated carbocycles. The van der Waals surface area contributed by atoms with Gasteiger partial charge in [-0.1, -0.05) is 30.0 Å². The van der Waals surface area contributed by atoms with Gasteiger partial charge in [-0.15, -0.1) is 0 Å². The molecule has 2 heterocycles. The molecule has 0 spiro atoms. The molecule has 9 heteroatoms. The summed E-state index contributed by atoms with van der Waals surface area (Å²) in [6.07, 6.45) is 3.56. The Hall–Kier alpha value is -3.17. The van der Waals surface area contributed by atoms with E-state index in [4.69, 9.17) is 0 Å². The number of carbonyl (C=O) groups excluding carboxylic acids is 2. The molecule has 1 aliphatic heterocycles. The zero-order valence-corrected chi connectivity index (χ0v) is 18.5. The Morgan fingerprint density at radius 3 is 2.38 bits per heavy atom. The Morgan fingerprint density at radius 2 is 1.72 bits per heavy atom. The summed E-state index contributed by atoms with van der Waals surface area (Å²) < 4.78 is 14.9. The van der Waals surface area contributed by atoms with E-state index in [2.05, 4.69) is 10.3 Å². The summed E-state index contributed by atoms with van der Waals surface area (Å²) in [5.41, 5.74) is 1.99. The summed E-state index contributed by atoms with van der Waals surface area (Å²) in [7, 11) is 0. The Kier molecular flexibility index (Phi) is 6.87. The van der Waals surface area contributed by atoms with Crippen molar-refractivity contribution < 1.29 is 14.0 Å². The molecule has 0 unspecified atom stereocenters. The molecule has 2 amide bonds. The van der Waals surface area contributed by atoms with Gasteiger partial charge in [0.25, 0.3) is 5.91 Å². The van der Waals surface area contributed by atoms with Gasteiger partial charge in [-0.2, -0.15) is 0 Å². The minimum atomic E-state index is -0.345. The van der Waals surface area contributed by atoms with Gasteiger partial charge in [0.15, 0.2) is 5.16 Å².